The van der Waals surface area contributed by atoms with E-state index < -0.39 is 18.3 Å². The second kappa shape index (κ2) is 4.51. The summed E-state index contributed by atoms with van der Waals surface area (Å²) < 4.78 is 5.53. The van der Waals surface area contributed by atoms with Gasteiger partial charge in [-0.15, -0.1) is 0 Å². The fourth-order valence-electron chi connectivity index (χ4n) is 3.91. The Bertz CT molecular complexity index is 1030. The number of rotatable bonds is 1. The third kappa shape index (κ3) is 1.65. The zero-order valence-corrected chi connectivity index (χ0v) is 12.4. The molecule has 3 aromatic rings. The largest absolute Gasteiger partial charge is 0.387 e. The van der Waals surface area contributed by atoms with Crippen molar-refractivity contribution in [1.29, 1.82) is 0 Å². The van der Waals surface area contributed by atoms with Crippen LogP contribution in [-0.4, -0.2) is 27.3 Å². The third-order valence-electron chi connectivity index (χ3n) is 5.08. The second-order valence-corrected chi connectivity index (χ2v) is 6.32. The maximum absolute atomic E-state index is 11.5. The van der Waals surface area contributed by atoms with Crippen LogP contribution in [0.25, 0.3) is 21.5 Å². The molecule has 0 amide bonds. The zero-order valence-electron chi connectivity index (χ0n) is 12.4. The second-order valence-electron chi connectivity index (χ2n) is 6.32. The van der Waals surface area contributed by atoms with E-state index in [4.69, 9.17) is 4.74 Å². The molecule has 0 radical (unpaired) electrons. The van der Waals surface area contributed by atoms with Crippen LogP contribution in [0.15, 0.2) is 42.5 Å². The minimum absolute atomic E-state index is 0.0318. The summed E-state index contributed by atoms with van der Waals surface area (Å²) in [5, 5.41) is 34.8. The van der Waals surface area contributed by atoms with Gasteiger partial charge in [0.2, 0.25) is 0 Å². The lowest BCUT2D eigenvalue weighted by Crippen LogP contribution is -2.29. The Kier molecular flexibility index (Phi) is 2.60. The number of hydrogen-bond donors (Lipinski definition) is 2. The van der Waals surface area contributed by atoms with Crippen LogP contribution < -0.4 is 0 Å². The average Bonchev–Trinajstić information content (AvgIpc) is 3.38. The number of aliphatic hydroxyl groups is 2. The lowest BCUT2D eigenvalue weighted by atomic mass is 9.83. The molecule has 0 saturated carbocycles. The summed E-state index contributed by atoms with van der Waals surface area (Å²) in [5.41, 5.74) is 1.37. The number of nitrogens with zero attached hydrogens (tertiary/aromatic N) is 1. The van der Waals surface area contributed by atoms with E-state index in [1.807, 2.05) is 18.2 Å². The molecule has 1 aliphatic heterocycles. The molecule has 24 heavy (non-hydrogen) atoms. The number of nitro benzene ring substituents is 1. The number of ether oxygens (including phenoxy) is 1. The number of nitro groups is 1. The van der Waals surface area contributed by atoms with Gasteiger partial charge in [0.1, 0.15) is 24.4 Å². The van der Waals surface area contributed by atoms with Crippen molar-refractivity contribution in [3.05, 3.63) is 63.7 Å². The summed E-state index contributed by atoms with van der Waals surface area (Å²) in [6, 6.07) is 12.4. The Morgan fingerprint density at radius 2 is 1.71 bits per heavy atom. The van der Waals surface area contributed by atoms with Gasteiger partial charge in [-0.25, -0.2) is 0 Å². The van der Waals surface area contributed by atoms with Crippen LogP contribution in [0.5, 0.6) is 0 Å². The number of hydrogen-bond acceptors (Lipinski definition) is 5. The van der Waals surface area contributed by atoms with Gasteiger partial charge in [0.05, 0.1) is 10.3 Å². The van der Waals surface area contributed by atoms with E-state index in [0.717, 1.165) is 16.3 Å². The normalized spacial score (nSPS) is 27.8. The van der Waals surface area contributed by atoms with Gasteiger partial charge in [0.25, 0.3) is 5.69 Å². The maximum Gasteiger partial charge on any atom is 0.277 e. The molecule has 1 saturated heterocycles. The molecular formula is C18H13NO5. The van der Waals surface area contributed by atoms with E-state index >= 15 is 0 Å². The maximum atomic E-state index is 11.5. The van der Waals surface area contributed by atoms with Gasteiger partial charge in [0.15, 0.2) is 0 Å². The standard InChI is InChI=1S/C18H13NO5/c20-15-11-6-5-9-8-3-1-2-4-10(8)13(19(22)23)7-12(9)14(11)17-18(24-17)16(15)21/h1-7,15-18,20-21H/t15-,16+,17-,18+/m1/s1. The summed E-state index contributed by atoms with van der Waals surface area (Å²) in [7, 11) is 0. The molecule has 4 atom stereocenters. The van der Waals surface area contributed by atoms with Crippen LogP contribution in [0.1, 0.15) is 23.3 Å². The van der Waals surface area contributed by atoms with E-state index in [0.29, 0.717) is 16.3 Å². The minimum atomic E-state index is -1.04. The fourth-order valence-corrected chi connectivity index (χ4v) is 3.91. The minimum Gasteiger partial charge on any atom is -0.387 e. The van der Waals surface area contributed by atoms with Gasteiger partial charge < -0.3 is 14.9 Å². The molecule has 1 heterocycles. The number of fused-ring (bicyclic) bond motifs is 7. The molecule has 0 unspecified atom stereocenters. The fraction of sp³-hybridized carbons (Fsp3) is 0.222. The van der Waals surface area contributed by atoms with E-state index in [-0.39, 0.29) is 16.7 Å². The zero-order chi connectivity index (χ0) is 16.6. The molecule has 2 N–H and O–H groups in total. The molecule has 120 valence electrons. The molecule has 1 fully saturated rings. The first-order valence-corrected chi connectivity index (χ1v) is 7.72. The van der Waals surface area contributed by atoms with Gasteiger partial charge in [-0.2, -0.15) is 0 Å². The van der Waals surface area contributed by atoms with Crippen molar-refractivity contribution in [2.45, 2.75) is 24.4 Å². The summed E-state index contributed by atoms with van der Waals surface area (Å²) >= 11 is 0. The van der Waals surface area contributed by atoms with Crippen molar-refractivity contribution in [2.75, 3.05) is 0 Å². The molecule has 5 rings (SSSR count). The highest BCUT2D eigenvalue weighted by Crippen LogP contribution is 2.53. The van der Waals surface area contributed by atoms with Crippen LogP contribution in [0, 0.1) is 10.1 Å². The van der Waals surface area contributed by atoms with Crippen LogP contribution in [0.4, 0.5) is 5.69 Å². The SMILES string of the molecule is O=[N+]([O-])c1cc2c3c(ccc2c2ccccc12)[C@@H](O)[C@H](O)[C@@H]1O[C@H]31. The third-order valence-corrected chi connectivity index (χ3v) is 5.08. The molecule has 2 aliphatic rings. The Morgan fingerprint density at radius 1 is 1.00 bits per heavy atom. The number of aliphatic hydroxyl groups excluding tert-OH is 2. The molecular weight excluding hydrogens is 310 g/mol. The summed E-state index contributed by atoms with van der Waals surface area (Å²) in [6.45, 7) is 0. The van der Waals surface area contributed by atoms with Gasteiger partial charge in [-0.3, -0.25) is 10.1 Å². The van der Waals surface area contributed by atoms with Crippen LogP contribution >= 0.6 is 0 Å². The van der Waals surface area contributed by atoms with Gasteiger partial charge >= 0.3 is 0 Å². The highest BCUT2D eigenvalue weighted by Gasteiger charge is 2.54. The number of non-ortho nitro benzene ring substituents is 1. The van der Waals surface area contributed by atoms with E-state index in [1.54, 1.807) is 24.3 Å². The molecule has 0 spiro atoms. The Morgan fingerprint density at radius 3 is 2.46 bits per heavy atom. The predicted octanol–water partition coefficient (Wildman–Crippen LogP) is 2.75. The predicted molar refractivity (Wildman–Crippen MR) is 86.7 cm³/mol. The monoisotopic (exact) mass is 323 g/mol. The van der Waals surface area contributed by atoms with Crippen LogP contribution in [0.2, 0.25) is 0 Å². The van der Waals surface area contributed by atoms with E-state index in [1.165, 1.54) is 0 Å². The summed E-state index contributed by atoms with van der Waals surface area (Å²) in [6.07, 6.45) is -2.76. The Balaban J connectivity index is 1.93. The summed E-state index contributed by atoms with van der Waals surface area (Å²) in [4.78, 5) is 11.1. The van der Waals surface area contributed by atoms with E-state index in [2.05, 4.69) is 0 Å². The van der Waals surface area contributed by atoms with Crippen LogP contribution in [-0.2, 0) is 4.74 Å². The highest BCUT2D eigenvalue weighted by molar-refractivity contribution is 6.12. The van der Waals surface area contributed by atoms with Gasteiger partial charge in [-0.05, 0) is 33.4 Å². The van der Waals surface area contributed by atoms with E-state index in [9.17, 15) is 20.3 Å². The van der Waals surface area contributed by atoms with Crippen molar-refractivity contribution < 1.29 is 19.9 Å². The molecule has 0 aromatic heterocycles. The smallest absolute Gasteiger partial charge is 0.277 e. The van der Waals surface area contributed by atoms with Crippen molar-refractivity contribution in [1.82, 2.24) is 0 Å². The lowest BCUT2D eigenvalue weighted by Gasteiger charge is -2.24. The number of benzene rings is 3. The van der Waals surface area contributed by atoms with Crippen molar-refractivity contribution in [2.24, 2.45) is 0 Å². The molecule has 0 bridgehead atoms. The molecule has 1 aliphatic carbocycles. The van der Waals surface area contributed by atoms with Crippen molar-refractivity contribution in [3.63, 3.8) is 0 Å². The molecule has 6 heteroatoms. The topological polar surface area (TPSA) is 96.1 Å². The molecule has 6 nitrogen and oxygen atoms in total. The first kappa shape index (κ1) is 13.9. The Labute approximate surface area is 136 Å². The first-order valence-electron chi connectivity index (χ1n) is 7.72. The highest BCUT2D eigenvalue weighted by atomic mass is 16.6. The molecule has 3 aromatic carbocycles. The Hall–Kier alpha value is -2.54. The number of epoxide rings is 1. The van der Waals surface area contributed by atoms with Crippen molar-refractivity contribution in [3.8, 4) is 0 Å². The van der Waals surface area contributed by atoms with Gasteiger partial charge in [0, 0.05) is 6.07 Å². The average molecular weight is 323 g/mol. The van der Waals surface area contributed by atoms with Crippen LogP contribution in [0.3, 0.4) is 0 Å². The quantitative estimate of drug-likeness (QED) is 0.311. The summed E-state index contributed by atoms with van der Waals surface area (Å²) in [5.74, 6) is 0. The van der Waals surface area contributed by atoms with Crippen molar-refractivity contribution >= 4 is 27.2 Å². The van der Waals surface area contributed by atoms with Gasteiger partial charge in [-0.1, -0.05) is 30.3 Å². The lowest BCUT2D eigenvalue weighted by molar-refractivity contribution is -0.382. The first-order chi connectivity index (χ1) is 11.6.